The summed E-state index contributed by atoms with van der Waals surface area (Å²) in [6.45, 7) is 2.53. The Bertz CT molecular complexity index is 741. The molecule has 0 aromatic carbocycles. The molecule has 0 aliphatic carbocycles. The van der Waals surface area contributed by atoms with Crippen molar-refractivity contribution in [2.45, 2.75) is 18.9 Å². The summed E-state index contributed by atoms with van der Waals surface area (Å²) in [7, 11) is 1.98. The lowest BCUT2D eigenvalue weighted by Crippen LogP contribution is -2.58. The van der Waals surface area contributed by atoms with Gasteiger partial charge in [-0.15, -0.1) is 0 Å². The van der Waals surface area contributed by atoms with Gasteiger partial charge in [-0.1, -0.05) is 0 Å². The summed E-state index contributed by atoms with van der Waals surface area (Å²) in [6, 6.07) is 1.97. The van der Waals surface area contributed by atoms with Gasteiger partial charge in [0.05, 0.1) is 17.4 Å². The number of aromatic amines is 1. The Balaban J connectivity index is 1.49. The zero-order valence-electron chi connectivity index (χ0n) is 13.7. The maximum Gasteiger partial charge on any atom is 0.227 e. The van der Waals surface area contributed by atoms with Gasteiger partial charge >= 0.3 is 0 Å². The molecule has 8 nitrogen and oxygen atoms in total. The number of hydrogen-bond acceptors (Lipinski definition) is 6. The minimum absolute atomic E-state index is 0.0164. The van der Waals surface area contributed by atoms with E-state index in [1.165, 1.54) is 0 Å². The second-order valence-electron chi connectivity index (χ2n) is 6.61. The molecule has 4 rings (SSSR count). The molecule has 2 N–H and O–H groups in total. The molecule has 1 unspecified atom stereocenters. The Morgan fingerprint density at radius 2 is 2.21 bits per heavy atom. The van der Waals surface area contributed by atoms with Gasteiger partial charge in [-0.2, -0.15) is 0 Å². The maximum atomic E-state index is 12.5. The summed E-state index contributed by atoms with van der Waals surface area (Å²) in [5.74, 6) is 0.985. The van der Waals surface area contributed by atoms with E-state index in [4.69, 9.17) is 0 Å². The van der Waals surface area contributed by atoms with Crippen molar-refractivity contribution in [1.82, 2.24) is 24.9 Å². The van der Waals surface area contributed by atoms with Crippen LogP contribution in [0, 0.1) is 5.92 Å². The normalized spacial score (nSPS) is 22.6. The van der Waals surface area contributed by atoms with Crippen LogP contribution in [0.5, 0.6) is 0 Å². The van der Waals surface area contributed by atoms with Crippen LogP contribution in [0.25, 0.3) is 11.0 Å². The fourth-order valence-electron chi connectivity index (χ4n) is 3.58. The highest BCUT2D eigenvalue weighted by Gasteiger charge is 2.36. The summed E-state index contributed by atoms with van der Waals surface area (Å²) >= 11 is 0. The lowest BCUT2D eigenvalue weighted by Gasteiger charge is -2.42. The molecule has 24 heavy (non-hydrogen) atoms. The van der Waals surface area contributed by atoms with Gasteiger partial charge in [0.25, 0.3) is 0 Å². The van der Waals surface area contributed by atoms with Crippen LogP contribution in [0.4, 0.5) is 5.82 Å². The second-order valence-corrected chi connectivity index (χ2v) is 6.61. The van der Waals surface area contributed by atoms with Crippen LogP contribution in [0.15, 0.2) is 18.6 Å². The molecule has 2 aromatic rings. The number of amides is 1. The Labute approximate surface area is 140 Å². The summed E-state index contributed by atoms with van der Waals surface area (Å²) in [4.78, 5) is 26.0. The number of carbonyl (C=O) groups excluding carboxylic acids is 1. The number of hydrogen-bond donors (Lipinski definition) is 2. The number of fused-ring (bicyclic) bond motifs is 1. The van der Waals surface area contributed by atoms with Gasteiger partial charge in [-0.3, -0.25) is 9.80 Å². The predicted octanol–water partition coefficient (Wildman–Crippen LogP) is 0.224. The first kappa shape index (κ1) is 15.3. The molecule has 0 spiro atoms. The first-order chi connectivity index (χ1) is 11.6. The smallest absolute Gasteiger partial charge is 0.227 e. The van der Waals surface area contributed by atoms with E-state index >= 15 is 0 Å². The van der Waals surface area contributed by atoms with Gasteiger partial charge in [-0.05, 0) is 18.9 Å². The molecule has 4 heterocycles. The van der Waals surface area contributed by atoms with Crippen molar-refractivity contribution in [2.24, 2.45) is 5.92 Å². The van der Waals surface area contributed by atoms with Crippen LogP contribution >= 0.6 is 0 Å². The number of anilines is 1. The highest BCUT2D eigenvalue weighted by atomic mass is 16.3. The number of aliphatic hydroxyl groups excluding tert-OH is 1. The minimum Gasteiger partial charge on any atom is -0.389 e. The van der Waals surface area contributed by atoms with Crippen molar-refractivity contribution in [3.05, 3.63) is 18.6 Å². The van der Waals surface area contributed by atoms with Gasteiger partial charge in [-0.25, -0.2) is 15.0 Å². The number of H-pyrrole nitrogens is 1. The number of nitrogens with zero attached hydrogens (tertiary/aromatic N) is 5. The molecule has 2 fully saturated rings. The third kappa shape index (κ3) is 2.61. The Kier molecular flexibility index (Phi) is 3.85. The average Bonchev–Trinajstić information content (AvgIpc) is 3.06. The van der Waals surface area contributed by atoms with Crippen molar-refractivity contribution < 1.29 is 9.90 Å². The average molecular weight is 330 g/mol. The van der Waals surface area contributed by atoms with Crippen LogP contribution in [-0.4, -0.2) is 75.2 Å². The van der Waals surface area contributed by atoms with Gasteiger partial charge in [0.1, 0.15) is 12.0 Å². The third-order valence-electron chi connectivity index (χ3n) is 4.99. The molecule has 0 radical (unpaired) electrons. The van der Waals surface area contributed by atoms with Crippen LogP contribution in [0.2, 0.25) is 0 Å². The number of hydrazine groups is 1. The largest absolute Gasteiger partial charge is 0.389 e. The fourth-order valence-corrected chi connectivity index (χ4v) is 3.58. The molecule has 128 valence electrons. The minimum atomic E-state index is -0.348. The van der Waals surface area contributed by atoms with E-state index in [1.54, 1.807) is 11.2 Å². The number of aliphatic hydroxyl groups is 1. The number of carbonyl (C=O) groups is 1. The number of nitrogens with one attached hydrogen (secondary N) is 1. The van der Waals surface area contributed by atoms with E-state index in [0.717, 1.165) is 36.2 Å². The summed E-state index contributed by atoms with van der Waals surface area (Å²) < 4.78 is 0. The van der Waals surface area contributed by atoms with E-state index < -0.39 is 0 Å². The SMILES string of the molecule is CN(c1ncnc2[nH]ccc12)N1CCCC(C(=O)N2CC(O)C2)C1. The van der Waals surface area contributed by atoms with E-state index in [1.807, 2.05) is 24.3 Å². The number of likely N-dealkylation sites (tertiary alicyclic amines) is 1. The van der Waals surface area contributed by atoms with Crippen molar-refractivity contribution in [3.8, 4) is 0 Å². The fraction of sp³-hybridized carbons (Fsp3) is 0.562. The van der Waals surface area contributed by atoms with Crippen molar-refractivity contribution in [1.29, 1.82) is 0 Å². The molecular formula is C16H22N6O2. The zero-order valence-corrected chi connectivity index (χ0v) is 13.7. The molecule has 8 heteroatoms. The van der Waals surface area contributed by atoms with Crippen LogP contribution in [0.3, 0.4) is 0 Å². The lowest BCUT2D eigenvalue weighted by molar-refractivity contribution is -0.147. The molecule has 2 aliphatic heterocycles. The van der Waals surface area contributed by atoms with E-state index in [0.29, 0.717) is 19.6 Å². The van der Waals surface area contributed by atoms with Crippen LogP contribution < -0.4 is 5.01 Å². The second kappa shape index (κ2) is 6.03. The Morgan fingerprint density at radius 1 is 1.38 bits per heavy atom. The van der Waals surface area contributed by atoms with Crippen LogP contribution in [0.1, 0.15) is 12.8 Å². The molecule has 2 aromatic heterocycles. The first-order valence-electron chi connectivity index (χ1n) is 8.37. The van der Waals surface area contributed by atoms with Crippen molar-refractivity contribution in [3.63, 3.8) is 0 Å². The molecule has 0 bridgehead atoms. The summed E-state index contributed by atoms with van der Waals surface area (Å²) in [6.07, 6.45) is 4.93. The molecule has 2 saturated heterocycles. The lowest BCUT2D eigenvalue weighted by atomic mass is 9.95. The van der Waals surface area contributed by atoms with Gasteiger partial charge in [0.15, 0.2) is 5.82 Å². The van der Waals surface area contributed by atoms with Gasteiger partial charge in [0.2, 0.25) is 5.91 Å². The molecular weight excluding hydrogens is 308 g/mol. The van der Waals surface area contributed by atoms with Gasteiger partial charge in [0, 0.05) is 39.4 Å². The summed E-state index contributed by atoms with van der Waals surface area (Å²) in [5, 5.41) is 14.6. The summed E-state index contributed by atoms with van der Waals surface area (Å²) in [5.41, 5.74) is 0.811. The molecule has 1 atom stereocenters. The predicted molar refractivity (Wildman–Crippen MR) is 89.2 cm³/mol. The maximum absolute atomic E-state index is 12.5. The highest BCUT2D eigenvalue weighted by molar-refractivity contribution is 5.87. The number of β-amino-alcohol motifs (C(OH)–C–C–N with tert-alkyl or cyclic N) is 1. The first-order valence-corrected chi connectivity index (χ1v) is 8.37. The zero-order chi connectivity index (χ0) is 16.7. The monoisotopic (exact) mass is 330 g/mol. The standard InChI is InChI=1S/C16H22N6O2/c1-20(15-13-4-5-17-14(13)18-10-19-15)22-6-2-3-11(7-22)16(24)21-8-12(23)9-21/h4-5,10-12,23H,2-3,6-9H2,1H3,(H,17,18,19). The van der Waals surface area contributed by atoms with Gasteiger partial charge < -0.3 is 15.0 Å². The van der Waals surface area contributed by atoms with Crippen molar-refractivity contribution in [2.75, 3.05) is 38.2 Å². The van der Waals surface area contributed by atoms with Crippen molar-refractivity contribution >= 4 is 22.8 Å². The molecule has 0 saturated carbocycles. The topological polar surface area (TPSA) is 88.6 Å². The number of aromatic nitrogens is 3. The number of piperidine rings is 1. The molecule has 2 aliphatic rings. The number of rotatable bonds is 3. The van der Waals surface area contributed by atoms with E-state index in [2.05, 4.69) is 20.0 Å². The Hall–Kier alpha value is -2.19. The quantitative estimate of drug-likeness (QED) is 0.837. The van der Waals surface area contributed by atoms with Crippen LogP contribution in [-0.2, 0) is 4.79 Å². The third-order valence-corrected chi connectivity index (χ3v) is 4.99. The highest BCUT2D eigenvalue weighted by Crippen LogP contribution is 2.27. The Morgan fingerprint density at radius 3 is 3.00 bits per heavy atom. The van der Waals surface area contributed by atoms with E-state index in [9.17, 15) is 9.90 Å². The molecule has 1 amide bonds. The van der Waals surface area contributed by atoms with E-state index in [-0.39, 0.29) is 17.9 Å².